The van der Waals surface area contributed by atoms with E-state index >= 15 is 0 Å². The van der Waals surface area contributed by atoms with E-state index in [1.165, 1.54) is 0 Å². The van der Waals surface area contributed by atoms with Crippen molar-refractivity contribution in [3.63, 3.8) is 0 Å². The molecule has 2 rings (SSSR count). The maximum atomic E-state index is 5.80. The maximum Gasteiger partial charge on any atom is 0.124 e. The average Bonchev–Trinajstić information content (AvgIpc) is 2.85. The van der Waals surface area contributed by atoms with Crippen LogP contribution in [0.15, 0.2) is 47.3 Å². The number of rotatable bonds is 5. The zero-order valence-corrected chi connectivity index (χ0v) is 10.6. The first-order chi connectivity index (χ1) is 8.72. The first-order valence-electron chi connectivity index (χ1n) is 5.96. The second-order valence-electron chi connectivity index (χ2n) is 4.36. The quantitative estimate of drug-likeness (QED) is 0.629. The largest absolute Gasteiger partial charge is 0.491 e. The fraction of sp³-hybridized carbons (Fsp3) is 0.286. The van der Waals surface area contributed by atoms with Crippen molar-refractivity contribution in [1.29, 1.82) is 0 Å². The Balaban J connectivity index is 2.36. The molecule has 18 heavy (non-hydrogen) atoms. The van der Waals surface area contributed by atoms with Crippen LogP contribution in [0.4, 0.5) is 0 Å². The number of benzene rings is 1. The van der Waals surface area contributed by atoms with Crippen LogP contribution in [0.3, 0.4) is 0 Å². The van der Waals surface area contributed by atoms with Gasteiger partial charge >= 0.3 is 0 Å². The number of furan rings is 1. The summed E-state index contributed by atoms with van der Waals surface area (Å²) < 4.78 is 10.9. The van der Waals surface area contributed by atoms with Crippen molar-refractivity contribution in [2.45, 2.75) is 26.0 Å². The molecule has 3 N–H and O–H groups in total. The number of para-hydroxylation sites is 1. The van der Waals surface area contributed by atoms with Crippen LogP contribution in [0, 0.1) is 0 Å². The number of hydrogen-bond donors (Lipinski definition) is 2. The number of hydrogen-bond acceptors (Lipinski definition) is 4. The van der Waals surface area contributed by atoms with Gasteiger partial charge in [-0.1, -0.05) is 18.2 Å². The zero-order valence-electron chi connectivity index (χ0n) is 10.6. The molecule has 1 aromatic carbocycles. The Morgan fingerprint density at radius 2 is 2.00 bits per heavy atom. The van der Waals surface area contributed by atoms with Crippen molar-refractivity contribution >= 4 is 0 Å². The standard InChI is InChI=1S/C14H18N2O2/c1-10(2)18-13-6-4-3-5-12(13)14(16-15)11-7-8-17-9-11/h3-10,14,16H,15H2,1-2H3. The van der Waals surface area contributed by atoms with E-state index in [9.17, 15) is 0 Å². The van der Waals surface area contributed by atoms with Crippen LogP contribution in [-0.4, -0.2) is 6.10 Å². The highest BCUT2D eigenvalue weighted by Crippen LogP contribution is 2.30. The van der Waals surface area contributed by atoms with Gasteiger partial charge in [-0.15, -0.1) is 0 Å². The Labute approximate surface area is 107 Å². The van der Waals surface area contributed by atoms with Gasteiger partial charge in [-0.05, 0) is 26.0 Å². The van der Waals surface area contributed by atoms with Gasteiger partial charge in [0.05, 0.1) is 24.7 Å². The average molecular weight is 246 g/mol. The lowest BCUT2D eigenvalue weighted by atomic mass is 10.0. The van der Waals surface area contributed by atoms with Crippen molar-refractivity contribution in [3.05, 3.63) is 54.0 Å². The Hall–Kier alpha value is -1.78. The first-order valence-corrected chi connectivity index (χ1v) is 5.96. The van der Waals surface area contributed by atoms with Gasteiger partial charge in [-0.2, -0.15) is 0 Å². The van der Waals surface area contributed by atoms with Gasteiger partial charge in [0, 0.05) is 11.1 Å². The summed E-state index contributed by atoms with van der Waals surface area (Å²) in [6.45, 7) is 4.00. The molecule has 0 saturated carbocycles. The lowest BCUT2D eigenvalue weighted by Crippen LogP contribution is -2.29. The van der Waals surface area contributed by atoms with Crippen LogP contribution in [0.25, 0.3) is 0 Å². The molecule has 0 spiro atoms. The molecule has 0 aliphatic heterocycles. The van der Waals surface area contributed by atoms with Gasteiger partial charge in [-0.25, -0.2) is 5.43 Å². The highest BCUT2D eigenvalue weighted by Gasteiger charge is 2.18. The van der Waals surface area contributed by atoms with E-state index in [2.05, 4.69) is 5.43 Å². The minimum atomic E-state index is -0.140. The summed E-state index contributed by atoms with van der Waals surface area (Å²) in [5.41, 5.74) is 4.76. The van der Waals surface area contributed by atoms with Crippen LogP contribution in [0.1, 0.15) is 31.0 Å². The van der Waals surface area contributed by atoms with Gasteiger partial charge < -0.3 is 9.15 Å². The lowest BCUT2D eigenvalue weighted by molar-refractivity contribution is 0.238. The van der Waals surface area contributed by atoms with E-state index < -0.39 is 0 Å². The van der Waals surface area contributed by atoms with Gasteiger partial charge in [0.2, 0.25) is 0 Å². The second-order valence-corrected chi connectivity index (χ2v) is 4.36. The molecule has 0 saturated heterocycles. The van der Waals surface area contributed by atoms with Gasteiger partial charge in [0.1, 0.15) is 5.75 Å². The van der Waals surface area contributed by atoms with Crippen molar-refractivity contribution in [2.75, 3.05) is 0 Å². The maximum absolute atomic E-state index is 5.80. The molecule has 0 radical (unpaired) electrons. The Morgan fingerprint density at radius 1 is 1.22 bits per heavy atom. The fourth-order valence-electron chi connectivity index (χ4n) is 1.89. The summed E-state index contributed by atoms with van der Waals surface area (Å²) >= 11 is 0. The summed E-state index contributed by atoms with van der Waals surface area (Å²) in [6, 6.07) is 9.60. The summed E-state index contributed by atoms with van der Waals surface area (Å²) in [5.74, 6) is 6.48. The fourth-order valence-corrected chi connectivity index (χ4v) is 1.89. The van der Waals surface area contributed by atoms with E-state index in [0.29, 0.717) is 0 Å². The molecule has 0 fully saturated rings. The van der Waals surface area contributed by atoms with E-state index in [4.69, 9.17) is 15.0 Å². The molecular weight excluding hydrogens is 228 g/mol. The van der Waals surface area contributed by atoms with E-state index in [1.54, 1.807) is 12.5 Å². The Morgan fingerprint density at radius 3 is 2.61 bits per heavy atom. The first kappa shape index (κ1) is 12.7. The molecule has 96 valence electrons. The molecule has 4 nitrogen and oxygen atoms in total. The number of nitrogens with one attached hydrogen (secondary N) is 1. The summed E-state index contributed by atoms with van der Waals surface area (Å²) in [4.78, 5) is 0. The third-order valence-corrected chi connectivity index (χ3v) is 2.64. The molecule has 1 aromatic heterocycles. The number of ether oxygens (including phenoxy) is 1. The van der Waals surface area contributed by atoms with Crippen LogP contribution in [0.2, 0.25) is 0 Å². The van der Waals surface area contributed by atoms with Crippen molar-refractivity contribution < 1.29 is 9.15 Å². The molecule has 1 heterocycles. The predicted molar refractivity (Wildman–Crippen MR) is 70.1 cm³/mol. The molecule has 1 unspecified atom stereocenters. The van der Waals surface area contributed by atoms with Crippen molar-refractivity contribution in [3.8, 4) is 5.75 Å². The van der Waals surface area contributed by atoms with Gasteiger partial charge in [-0.3, -0.25) is 5.84 Å². The summed E-state index contributed by atoms with van der Waals surface area (Å²) in [5, 5.41) is 0. The number of hydrazine groups is 1. The van der Waals surface area contributed by atoms with Crippen molar-refractivity contribution in [1.82, 2.24) is 5.43 Å². The monoisotopic (exact) mass is 246 g/mol. The van der Waals surface area contributed by atoms with Crippen molar-refractivity contribution in [2.24, 2.45) is 5.84 Å². The second kappa shape index (κ2) is 5.71. The number of nitrogens with two attached hydrogens (primary N) is 1. The predicted octanol–water partition coefficient (Wildman–Crippen LogP) is 2.62. The zero-order chi connectivity index (χ0) is 13.0. The molecule has 0 bridgehead atoms. The molecule has 0 aliphatic rings. The van der Waals surface area contributed by atoms with Gasteiger partial charge in [0.25, 0.3) is 0 Å². The molecule has 0 amide bonds. The topological polar surface area (TPSA) is 60.4 Å². The van der Waals surface area contributed by atoms with Crippen LogP contribution in [-0.2, 0) is 0 Å². The minimum absolute atomic E-state index is 0.119. The highest BCUT2D eigenvalue weighted by molar-refractivity contribution is 5.40. The van der Waals surface area contributed by atoms with Crippen LogP contribution in [0.5, 0.6) is 5.75 Å². The molecular formula is C14H18N2O2. The Bertz CT molecular complexity index is 480. The van der Waals surface area contributed by atoms with Crippen LogP contribution >= 0.6 is 0 Å². The SMILES string of the molecule is CC(C)Oc1ccccc1C(NN)c1ccoc1. The smallest absolute Gasteiger partial charge is 0.124 e. The lowest BCUT2D eigenvalue weighted by Gasteiger charge is -2.20. The summed E-state index contributed by atoms with van der Waals surface area (Å²) in [7, 11) is 0. The van der Waals surface area contributed by atoms with E-state index in [0.717, 1.165) is 16.9 Å². The molecule has 1 atom stereocenters. The van der Waals surface area contributed by atoms with E-state index in [1.807, 2.05) is 44.2 Å². The molecule has 2 aromatic rings. The highest BCUT2D eigenvalue weighted by atomic mass is 16.5. The van der Waals surface area contributed by atoms with E-state index in [-0.39, 0.29) is 12.1 Å². The Kier molecular flexibility index (Phi) is 4.02. The van der Waals surface area contributed by atoms with Gasteiger partial charge in [0.15, 0.2) is 0 Å². The normalized spacial score (nSPS) is 12.7. The summed E-state index contributed by atoms with van der Waals surface area (Å²) in [6.07, 6.45) is 3.43. The molecule has 4 heteroatoms. The molecule has 0 aliphatic carbocycles. The third-order valence-electron chi connectivity index (χ3n) is 2.64. The van der Waals surface area contributed by atoms with Crippen LogP contribution < -0.4 is 16.0 Å². The minimum Gasteiger partial charge on any atom is -0.491 e. The third kappa shape index (κ3) is 2.72.